The number of piperidine rings is 1. The number of fused-ring (bicyclic) bond motifs is 1. The maximum Gasteiger partial charge on any atom is 0.407 e. The summed E-state index contributed by atoms with van der Waals surface area (Å²) in [6, 6.07) is 17.5. The zero-order valence-electron chi connectivity index (χ0n) is 18.0. The van der Waals surface area contributed by atoms with Crippen molar-refractivity contribution in [3.63, 3.8) is 0 Å². The predicted molar refractivity (Wildman–Crippen MR) is 122 cm³/mol. The zero-order valence-corrected chi connectivity index (χ0v) is 18.0. The highest BCUT2D eigenvalue weighted by molar-refractivity contribution is 5.67. The maximum atomic E-state index is 12.5. The van der Waals surface area contributed by atoms with Crippen molar-refractivity contribution in [1.82, 2.24) is 10.2 Å². The molecule has 1 heterocycles. The molecule has 5 heteroatoms. The lowest BCUT2D eigenvalue weighted by Gasteiger charge is -2.53. The summed E-state index contributed by atoms with van der Waals surface area (Å²) in [7, 11) is 0. The van der Waals surface area contributed by atoms with Gasteiger partial charge in [-0.2, -0.15) is 0 Å². The molecule has 2 fully saturated rings. The van der Waals surface area contributed by atoms with Crippen LogP contribution in [0, 0.1) is 5.92 Å². The first-order valence-electron chi connectivity index (χ1n) is 11.2. The van der Waals surface area contributed by atoms with E-state index in [0.717, 1.165) is 50.9 Å². The molecule has 0 unspecified atom stereocenters. The van der Waals surface area contributed by atoms with Crippen molar-refractivity contribution < 1.29 is 14.6 Å². The normalized spacial score (nSPS) is 25.9. The molecule has 3 atom stereocenters. The summed E-state index contributed by atoms with van der Waals surface area (Å²) in [6.07, 6.45) is 5.45. The minimum absolute atomic E-state index is 0.0496. The molecular formula is C26H32N2O3. The second-order valence-electron chi connectivity index (χ2n) is 8.89. The highest BCUT2D eigenvalue weighted by Gasteiger charge is 2.48. The Bertz CT molecular complexity index is 901. The molecule has 31 heavy (non-hydrogen) atoms. The minimum atomic E-state index is -0.359. The van der Waals surface area contributed by atoms with Gasteiger partial charge in [0.05, 0.1) is 0 Å². The van der Waals surface area contributed by atoms with Crippen molar-refractivity contribution in [3.05, 3.63) is 78.4 Å². The van der Waals surface area contributed by atoms with Crippen molar-refractivity contribution in [1.29, 1.82) is 0 Å². The molecule has 0 aromatic heterocycles. The fourth-order valence-corrected chi connectivity index (χ4v) is 5.44. The van der Waals surface area contributed by atoms with Crippen LogP contribution in [0.25, 0.3) is 0 Å². The predicted octanol–water partition coefficient (Wildman–Crippen LogP) is 4.62. The molecule has 0 spiro atoms. The van der Waals surface area contributed by atoms with Gasteiger partial charge in [-0.3, -0.25) is 4.90 Å². The lowest BCUT2D eigenvalue weighted by Crippen LogP contribution is -2.56. The first-order valence-corrected chi connectivity index (χ1v) is 11.2. The van der Waals surface area contributed by atoms with Crippen LogP contribution >= 0.6 is 0 Å². The Morgan fingerprint density at radius 2 is 2.06 bits per heavy atom. The number of benzene rings is 2. The molecule has 4 rings (SSSR count). The van der Waals surface area contributed by atoms with Gasteiger partial charge in [0.1, 0.15) is 12.4 Å². The number of phenolic OH excluding ortho intramolecular Hbond substituents is 1. The van der Waals surface area contributed by atoms with Crippen molar-refractivity contribution in [2.75, 3.05) is 19.6 Å². The summed E-state index contributed by atoms with van der Waals surface area (Å²) in [5.41, 5.74) is 2.11. The summed E-state index contributed by atoms with van der Waals surface area (Å²) in [5.74, 6) is 0.790. The fourth-order valence-electron chi connectivity index (χ4n) is 5.44. The maximum absolute atomic E-state index is 12.5. The third-order valence-corrected chi connectivity index (χ3v) is 6.95. The second-order valence-corrected chi connectivity index (χ2v) is 8.89. The van der Waals surface area contributed by atoms with Crippen LogP contribution in [-0.4, -0.2) is 41.8 Å². The molecule has 2 N–H and O–H groups in total. The van der Waals surface area contributed by atoms with E-state index >= 15 is 0 Å². The van der Waals surface area contributed by atoms with Gasteiger partial charge in [0, 0.05) is 24.5 Å². The van der Waals surface area contributed by atoms with E-state index in [1.165, 1.54) is 5.56 Å². The van der Waals surface area contributed by atoms with Crippen LogP contribution in [0.1, 0.15) is 36.8 Å². The fraction of sp³-hybridized carbons (Fsp3) is 0.423. The van der Waals surface area contributed by atoms with E-state index in [0.29, 0.717) is 11.7 Å². The minimum Gasteiger partial charge on any atom is -0.508 e. The number of phenols is 1. The van der Waals surface area contributed by atoms with Crippen LogP contribution in [0.5, 0.6) is 5.75 Å². The second kappa shape index (κ2) is 9.56. The van der Waals surface area contributed by atoms with E-state index in [4.69, 9.17) is 4.74 Å². The third kappa shape index (κ3) is 4.93. The average Bonchev–Trinajstić information content (AvgIpc) is 2.79. The molecule has 0 bridgehead atoms. The average molecular weight is 421 g/mol. The molecule has 1 saturated carbocycles. The molecule has 164 valence electrons. The number of hydrogen-bond acceptors (Lipinski definition) is 4. The van der Waals surface area contributed by atoms with Crippen LogP contribution in [0.2, 0.25) is 0 Å². The summed E-state index contributed by atoms with van der Waals surface area (Å²) in [5, 5.41) is 13.3. The van der Waals surface area contributed by atoms with E-state index in [2.05, 4.69) is 22.9 Å². The van der Waals surface area contributed by atoms with Gasteiger partial charge < -0.3 is 15.2 Å². The number of alkyl carbamates (subject to hydrolysis) is 1. The van der Waals surface area contributed by atoms with E-state index in [1.54, 1.807) is 6.07 Å². The number of hydrogen-bond donors (Lipinski definition) is 2. The first kappa shape index (κ1) is 21.4. The Kier molecular flexibility index (Phi) is 6.62. The van der Waals surface area contributed by atoms with Gasteiger partial charge in [-0.05, 0) is 61.4 Å². The molecule has 5 nitrogen and oxygen atoms in total. The Balaban J connectivity index is 1.46. The quantitative estimate of drug-likeness (QED) is 0.670. The van der Waals surface area contributed by atoms with Crippen molar-refractivity contribution >= 4 is 6.09 Å². The Morgan fingerprint density at radius 1 is 1.23 bits per heavy atom. The zero-order chi connectivity index (χ0) is 21.7. The molecule has 2 aliphatic rings. The SMILES string of the molecule is C=CCN1CC[C@@]2(c3cccc(O)c3)C[C@@H](NC(=O)OCc3ccccc3)CC[C@@H]2C1. The van der Waals surface area contributed by atoms with E-state index in [-0.39, 0.29) is 24.2 Å². The summed E-state index contributed by atoms with van der Waals surface area (Å²) < 4.78 is 5.46. The third-order valence-electron chi connectivity index (χ3n) is 6.95. The summed E-state index contributed by atoms with van der Waals surface area (Å²) in [4.78, 5) is 14.9. The van der Waals surface area contributed by atoms with Crippen molar-refractivity contribution in [2.24, 2.45) is 5.92 Å². The van der Waals surface area contributed by atoms with E-state index < -0.39 is 0 Å². The van der Waals surface area contributed by atoms with Crippen LogP contribution < -0.4 is 5.32 Å². The van der Waals surface area contributed by atoms with Gasteiger partial charge in [-0.1, -0.05) is 48.5 Å². The number of nitrogens with one attached hydrogen (secondary N) is 1. The number of amides is 1. The number of aromatic hydroxyl groups is 1. The van der Waals surface area contributed by atoms with Crippen LogP contribution in [0.4, 0.5) is 4.79 Å². The topological polar surface area (TPSA) is 61.8 Å². The van der Waals surface area contributed by atoms with E-state index in [1.807, 2.05) is 48.5 Å². The lowest BCUT2D eigenvalue weighted by atomic mass is 9.58. The van der Waals surface area contributed by atoms with Gasteiger partial charge >= 0.3 is 6.09 Å². The van der Waals surface area contributed by atoms with Crippen LogP contribution in [0.15, 0.2) is 67.3 Å². The van der Waals surface area contributed by atoms with Gasteiger partial charge in [0.2, 0.25) is 0 Å². The summed E-state index contributed by atoms with van der Waals surface area (Å²) in [6.45, 7) is 7.08. The Labute approximate surface area is 184 Å². The molecule has 1 aliphatic heterocycles. The molecule has 1 amide bonds. The highest BCUT2D eigenvalue weighted by Crippen LogP contribution is 2.49. The Hall–Kier alpha value is -2.79. The van der Waals surface area contributed by atoms with Gasteiger partial charge in [-0.25, -0.2) is 4.79 Å². The van der Waals surface area contributed by atoms with Crippen LogP contribution in [-0.2, 0) is 16.8 Å². The number of likely N-dealkylation sites (tertiary alicyclic amines) is 1. The number of ether oxygens (including phenoxy) is 1. The molecule has 1 aliphatic carbocycles. The van der Waals surface area contributed by atoms with Gasteiger partial charge in [-0.15, -0.1) is 6.58 Å². The number of carbonyl (C=O) groups is 1. The molecule has 0 radical (unpaired) electrons. The number of rotatable bonds is 6. The standard InChI is InChI=1S/C26H32N2O3/c1-2-14-28-15-13-26(21-9-6-10-24(29)16-21)17-23(12-11-22(26)18-28)27-25(30)31-19-20-7-4-3-5-8-20/h2-10,16,22-23,29H,1,11-15,17-19H2,(H,27,30)/t22-,23+,26+/m1/s1. The monoisotopic (exact) mass is 420 g/mol. The van der Waals surface area contributed by atoms with Gasteiger partial charge in [0.15, 0.2) is 0 Å². The van der Waals surface area contributed by atoms with Gasteiger partial charge in [0.25, 0.3) is 0 Å². The smallest absolute Gasteiger partial charge is 0.407 e. The van der Waals surface area contributed by atoms with Crippen LogP contribution in [0.3, 0.4) is 0 Å². The van der Waals surface area contributed by atoms with Crippen molar-refractivity contribution in [3.8, 4) is 5.75 Å². The first-order chi connectivity index (χ1) is 15.1. The van der Waals surface area contributed by atoms with Crippen molar-refractivity contribution in [2.45, 2.75) is 43.7 Å². The molecular weight excluding hydrogens is 388 g/mol. The Morgan fingerprint density at radius 3 is 2.84 bits per heavy atom. The molecule has 1 saturated heterocycles. The highest BCUT2D eigenvalue weighted by atomic mass is 16.5. The lowest BCUT2D eigenvalue weighted by molar-refractivity contribution is 0.0471. The largest absolute Gasteiger partial charge is 0.508 e. The molecule has 2 aromatic carbocycles. The number of carbonyl (C=O) groups excluding carboxylic acids is 1. The molecule has 2 aromatic rings. The number of nitrogens with zero attached hydrogens (tertiary/aromatic N) is 1. The van der Waals surface area contributed by atoms with E-state index in [9.17, 15) is 9.90 Å². The summed E-state index contributed by atoms with van der Waals surface area (Å²) >= 11 is 0.